The van der Waals surface area contributed by atoms with Gasteiger partial charge in [0, 0.05) is 6.26 Å². The van der Waals surface area contributed by atoms with E-state index in [0.717, 1.165) is 0 Å². The van der Waals surface area contributed by atoms with Crippen LogP contribution in [-0.2, 0) is 9.84 Å². The van der Waals surface area contributed by atoms with Gasteiger partial charge in [0.25, 0.3) is 0 Å². The molecule has 0 aliphatic heterocycles. The van der Waals surface area contributed by atoms with Gasteiger partial charge in [-0.05, 0) is 13.3 Å². The van der Waals surface area contributed by atoms with Crippen LogP contribution in [0.3, 0.4) is 0 Å². The van der Waals surface area contributed by atoms with Crippen LogP contribution in [0.5, 0.6) is 0 Å². The largest absolute Gasteiger partial charge is 0.229 e. The third kappa shape index (κ3) is 3.30. The molecule has 0 aromatic carbocycles. The summed E-state index contributed by atoms with van der Waals surface area (Å²) in [5.41, 5.74) is 0. The van der Waals surface area contributed by atoms with Crippen molar-refractivity contribution >= 4 is 9.84 Å². The van der Waals surface area contributed by atoms with Crippen molar-refractivity contribution in [2.24, 2.45) is 0 Å². The van der Waals surface area contributed by atoms with Gasteiger partial charge in [0.15, 0.2) is 0 Å². The number of hydrogen-bond acceptors (Lipinski definition) is 2. The first-order chi connectivity index (χ1) is 3.98. The van der Waals surface area contributed by atoms with Crippen LogP contribution < -0.4 is 0 Å². The molecule has 0 bridgehead atoms. The molecule has 9 heavy (non-hydrogen) atoms. The maximum Gasteiger partial charge on any atom is 0.150 e. The van der Waals surface area contributed by atoms with Gasteiger partial charge >= 0.3 is 0 Å². The van der Waals surface area contributed by atoms with Gasteiger partial charge in [-0.25, -0.2) is 8.42 Å². The summed E-state index contributed by atoms with van der Waals surface area (Å²) < 4.78 is 21.3. The molecule has 1 unspecified atom stereocenters. The fourth-order valence-electron chi connectivity index (χ4n) is 0.410. The zero-order valence-corrected chi connectivity index (χ0v) is 6.61. The standard InChI is InChI=1S/C6H12O2S/c1-4-5-6(2)9(3,7)8/h4,6H,1,5H2,2-3H3. The Morgan fingerprint density at radius 3 is 2.22 bits per heavy atom. The lowest BCUT2D eigenvalue weighted by atomic mass is 10.3. The molecule has 0 saturated heterocycles. The van der Waals surface area contributed by atoms with E-state index in [9.17, 15) is 8.42 Å². The van der Waals surface area contributed by atoms with Gasteiger partial charge in [0.1, 0.15) is 9.84 Å². The highest BCUT2D eigenvalue weighted by Gasteiger charge is 2.11. The van der Waals surface area contributed by atoms with Gasteiger partial charge in [0.2, 0.25) is 0 Å². The molecule has 0 radical (unpaired) electrons. The third-order valence-electron chi connectivity index (χ3n) is 1.23. The van der Waals surface area contributed by atoms with Crippen LogP contribution in [0, 0.1) is 0 Å². The van der Waals surface area contributed by atoms with Crippen molar-refractivity contribution in [3.63, 3.8) is 0 Å². The van der Waals surface area contributed by atoms with Crippen LogP contribution >= 0.6 is 0 Å². The molecule has 0 saturated carbocycles. The summed E-state index contributed by atoms with van der Waals surface area (Å²) in [4.78, 5) is 0. The van der Waals surface area contributed by atoms with Crippen molar-refractivity contribution in [3.8, 4) is 0 Å². The molecule has 1 atom stereocenters. The first-order valence-corrected chi connectivity index (χ1v) is 4.73. The zero-order valence-electron chi connectivity index (χ0n) is 5.79. The van der Waals surface area contributed by atoms with Gasteiger partial charge in [0.05, 0.1) is 5.25 Å². The van der Waals surface area contributed by atoms with Crippen molar-refractivity contribution in [2.75, 3.05) is 6.26 Å². The quantitative estimate of drug-likeness (QED) is 0.559. The molecular weight excluding hydrogens is 136 g/mol. The average Bonchev–Trinajstić information content (AvgIpc) is 1.64. The molecule has 0 aliphatic rings. The second-order valence-electron chi connectivity index (χ2n) is 2.16. The van der Waals surface area contributed by atoms with Gasteiger partial charge in [-0.3, -0.25) is 0 Å². The summed E-state index contributed by atoms with van der Waals surface area (Å²) in [6, 6.07) is 0. The SMILES string of the molecule is C=CCC(C)S(C)(=O)=O. The molecule has 0 aromatic rings. The molecule has 54 valence electrons. The van der Waals surface area contributed by atoms with E-state index in [1.807, 2.05) is 0 Å². The fourth-order valence-corrected chi connectivity index (χ4v) is 0.895. The summed E-state index contributed by atoms with van der Waals surface area (Å²) in [6.45, 7) is 5.13. The number of hydrogen-bond donors (Lipinski definition) is 0. The summed E-state index contributed by atoms with van der Waals surface area (Å²) in [5, 5.41) is -0.282. The van der Waals surface area contributed by atoms with Crippen molar-refractivity contribution in [1.82, 2.24) is 0 Å². The minimum absolute atomic E-state index is 0.282. The summed E-state index contributed by atoms with van der Waals surface area (Å²) in [6.07, 6.45) is 3.39. The first kappa shape index (κ1) is 8.69. The molecule has 0 aliphatic carbocycles. The molecule has 0 aromatic heterocycles. The lowest BCUT2D eigenvalue weighted by Gasteiger charge is -2.03. The summed E-state index contributed by atoms with van der Waals surface area (Å²) >= 11 is 0. The van der Waals surface area contributed by atoms with Crippen LogP contribution in [-0.4, -0.2) is 19.9 Å². The highest BCUT2D eigenvalue weighted by molar-refractivity contribution is 7.91. The second kappa shape index (κ2) is 3.01. The van der Waals surface area contributed by atoms with E-state index in [1.165, 1.54) is 6.26 Å². The Hall–Kier alpha value is -0.310. The molecule has 2 nitrogen and oxygen atoms in total. The maximum absolute atomic E-state index is 10.7. The van der Waals surface area contributed by atoms with Crippen LogP contribution in [0.25, 0.3) is 0 Å². The monoisotopic (exact) mass is 148 g/mol. The van der Waals surface area contributed by atoms with E-state index in [1.54, 1.807) is 13.0 Å². The van der Waals surface area contributed by atoms with Gasteiger partial charge in [-0.1, -0.05) is 6.08 Å². The average molecular weight is 148 g/mol. The molecule has 0 heterocycles. The van der Waals surface area contributed by atoms with Gasteiger partial charge < -0.3 is 0 Å². The minimum atomic E-state index is -2.84. The van der Waals surface area contributed by atoms with Crippen molar-refractivity contribution in [2.45, 2.75) is 18.6 Å². The van der Waals surface area contributed by atoms with Crippen LogP contribution in [0.15, 0.2) is 12.7 Å². The Morgan fingerprint density at radius 2 is 2.11 bits per heavy atom. The Labute approximate surface area is 56.5 Å². The van der Waals surface area contributed by atoms with Gasteiger partial charge in [-0.15, -0.1) is 6.58 Å². The van der Waals surface area contributed by atoms with E-state index < -0.39 is 9.84 Å². The Morgan fingerprint density at radius 1 is 1.67 bits per heavy atom. The van der Waals surface area contributed by atoms with Crippen LogP contribution in [0.2, 0.25) is 0 Å². The topological polar surface area (TPSA) is 34.1 Å². The Balaban J connectivity index is 4.05. The molecule has 0 rings (SSSR count). The maximum atomic E-state index is 10.7. The number of sulfone groups is 1. The molecule has 0 amide bonds. The smallest absolute Gasteiger partial charge is 0.150 e. The molecule has 0 spiro atoms. The summed E-state index contributed by atoms with van der Waals surface area (Å²) in [7, 11) is -2.84. The molecule has 3 heteroatoms. The van der Waals surface area contributed by atoms with E-state index in [2.05, 4.69) is 6.58 Å². The van der Waals surface area contributed by atoms with Crippen LogP contribution in [0.1, 0.15) is 13.3 Å². The number of allylic oxidation sites excluding steroid dienone is 1. The minimum Gasteiger partial charge on any atom is -0.229 e. The Kier molecular flexibility index (Phi) is 2.91. The van der Waals surface area contributed by atoms with E-state index in [4.69, 9.17) is 0 Å². The normalized spacial score (nSPS) is 14.9. The van der Waals surface area contributed by atoms with Crippen molar-refractivity contribution in [1.29, 1.82) is 0 Å². The molecule has 0 fully saturated rings. The molecular formula is C6H12O2S. The highest BCUT2D eigenvalue weighted by atomic mass is 32.2. The highest BCUT2D eigenvalue weighted by Crippen LogP contribution is 2.02. The Bertz CT molecular complexity index is 179. The lowest BCUT2D eigenvalue weighted by molar-refractivity contribution is 0.590. The molecule has 0 N–H and O–H groups in total. The fraction of sp³-hybridized carbons (Fsp3) is 0.667. The first-order valence-electron chi connectivity index (χ1n) is 2.78. The van der Waals surface area contributed by atoms with Gasteiger partial charge in [-0.2, -0.15) is 0 Å². The zero-order chi connectivity index (χ0) is 7.49. The van der Waals surface area contributed by atoms with Crippen molar-refractivity contribution in [3.05, 3.63) is 12.7 Å². The third-order valence-corrected chi connectivity index (χ3v) is 2.88. The van der Waals surface area contributed by atoms with E-state index in [-0.39, 0.29) is 5.25 Å². The van der Waals surface area contributed by atoms with Crippen molar-refractivity contribution < 1.29 is 8.42 Å². The predicted octanol–water partition coefficient (Wildman–Crippen LogP) is 0.996. The predicted molar refractivity (Wildman–Crippen MR) is 39.1 cm³/mol. The van der Waals surface area contributed by atoms with Crippen LogP contribution in [0.4, 0.5) is 0 Å². The van der Waals surface area contributed by atoms with E-state index in [0.29, 0.717) is 6.42 Å². The number of rotatable bonds is 3. The summed E-state index contributed by atoms with van der Waals surface area (Å²) in [5.74, 6) is 0. The lowest BCUT2D eigenvalue weighted by Crippen LogP contribution is -2.14. The van der Waals surface area contributed by atoms with E-state index >= 15 is 0 Å². The second-order valence-corrected chi connectivity index (χ2v) is 4.63.